The van der Waals surface area contributed by atoms with Gasteiger partial charge in [0.15, 0.2) is 0 Å². The van der Waals surface area contributed by atoms with Gasteiger partial charge < -0.3 is 9.84 Å². The quantitative estimate of drug-likeness (QED) is 0.827. The molecular formula is C13H11N3O4. The maximum absolute atomic E-state index is 11.5. The van der Waals surface area contributed by atoms with Crippen molar-refractivity contribution in [2.45, 2.75) is 0 Å². The van der Waals surface area contributed by atoms with Crippen molar-refractivity contribution in [2.75, 3.05) is 11.9 Å². The van der Waals surface area contributed by atoms with Gasteiger partial charge >= 0.3 is 12.1 Å². The molecule has 1 aromatic carbocycles. The van der Waals surface area contributed by atoms with Crippen LogP contribution in [0.5, 0.6) is 0 Å². The van der Waals surface area contributed by atoms with Gasteiger partial charge in [0.25, 0.3) is 0 Å². The Bertz CT molecular complexity index is 684. The molecule has 0 radical (unpaired) electrons. The smallest absolute Gasteiger partial charge is 0.413 e. The molecule has 1 amide bonds. The minimum Gasteiger partial charge on any atom is -0.478 e. The Morgan fingerprint density at radius 3 is 2.90 bits per heavy atom. The molecule has 2 rings (SSSR count). The number of hydrogen-bond donors (Lipinski definition) is 2. The Labute approximate surface area is 113 Å². The van der Waals surface area contributed by atoms with E-state index in [1.807, 2.05) is 0 Å². The maximum Gasteiger partial charge on any atom is 0.413 e. The lowest BCUT2D eigenvalue weighted by atomic mass is 10.1. The molecule has 2 N–H and O–H groups in total. The van der Waals surface area contributed by atoms with E-state index in [1.165, 1.54) is 30.6 Å². The summed E-state index contributed by atoms with van der Waals surface area (Å²) in [7, 11) is 0. The van der Waals surface area contributed by atoms with Crippen LogP contribution in [0.1, 0.15) is 10.4 Å². The van der Waals surface area contributed by atoms with Crippen LogP contribution in [0.2, 0.25) is 0 Å². The van der Waals surface area contributed by atoms with Gasteiger partial charge in [-0.05, 0) is 18.2 Å². The van der Waals surface area contributed by atoms with Gasteiger partial charge in [0.1, 0.15) is 18.8 Å². The highest BCUT2D eigenvalue weighted by Crippen LogP contribution is 2.20. The molecule has 7 nitrogen and oxygen atoms in total. The fraction of sp³-hybridized carbons (Fsp3) is 0.0769. The lowest BCUT2D eigenvalue weighted by molar-refractivity contribution is 0.0697. The second-order valence-electron chi connectivity index (χ2n) is 3.77. The standard InChI is InChI=1S/C13H11N3O4/c1-2-5-20-13(19)16-11-9-4-3-8(12(17)18)6-10(9)14-7-15-11/h2-4,6-7H,1,5H2,(H,17,18)(H,14,15,16,19). The predicted molar refractivity (Wildman–Crippen MR) is 71.7 cm³/mol. The first-order chi connectivity index (χ1) is 9.61. The van der Waals surface area contributed by atoms with Crippen molar-refractivity contribution < 1.29 is 19.4 Å². The summed E-state index contributed by atoms with van der Waals surface area (Å²) in [6.45, 7) is 3.51. The van der Waals surface area contributed by atoms with Gasteiger partial charge in [-0.15, -0.1) is 0 Å². The number of fused-ring (bicyclic) bond motifs is 1. The number of ether oxygens (including phenoxy) is 1. The van der Waals surface area contributed by atoms with Gasteiger partial charge in [0.05, 0.1) is 11.1 Å². The summed E-state index contributed by atoms with van der Waals surface area (Å²) >= 11 is 0. The van der Waals surface area contributed by atoms with Crippen LogP contribution < -0.4 is 5.32 Å². The van der Waals surface area contributed by atoms with Gasteiger partial charge in [0, 0.05) is 5.39 Å². The zero-order valence-corrected chi connectivity index (χ0v) is 10.4. The monoisotopic (exact) mass is 273 g/mol. The topological polar surface area (TPSA) is 101 Å². The van der Waals surface area contributed by atoms with Crippen LogP contribution in [0.15, 0.2) is 37.2 Å². The van der Waals surface area contributed by atoms with E-state index in [4.69, 9.17) is 9.84 Å². The Balaban J connectivity index is 2.32. The van der Waals surface area contributed by atoms with Crippen molar-refractivity contribution in [3.63, 3.8) is 0 Å². The molecule has 0 atom stereocenters. The molecule has 0 aliphatic heterocycles. The molecule has 0 fully saturated rings. The van der Waals surface area contributed by atoms with E-state index >= 15 is 0 Å². The number of carboxylic acids is 1. The molecule has 2 aromatic rings. The van der Waals surface area contributed by atoms with Gasteiger partial charge in [-0.3, -0.25) is 5.32 Å². The first-order valence-corrected chi connectivity index (χ1v) is 5.64. The number of carbonyl (C=O) groups excluding carboxylic acids is 1. The number of carboxylic acid groups (broad SMARTS) is 1. The predicted octanol–water partition coefficient (Wildman–Crippen LogP) is 2.06. The van der Waals surface area contributed by atoms with E-state index < -0.39 is 12.1 Å². The minimum atomic E-state index is -1.05. The minimum absolute atomic E-state index is 0.0814. The Morgan fingerprint density at radius 1 is 1.40 bits per heavy atom. The van der Waals surface area contributed by atoms with Crippen LogP contribution >= 0.6 is 0 Å². The summed E-state index contributed by atoms with van der Waals surface area (Å²) < 4.78 is 4.78. The maximum atomic E-state index is 11.5. The van der Waals surface area contributed by atoms with Crippen molar-refractivity contribution >= 4 is 28.8 Å². The Kier molecular flexibility index (Phi) is 3.90. The van der Waals surface area contributed by atoms with Crippen LogP contribution in [0.4, 0.5) is 10.6 Å². The molecule has 0 unspecified atom stereocenters. The number of aromatic carboxylic acids is 1. The summed E-state index contributed by atoms with van der Waals surface area (Å²) in [6.07, 6.45) is 2.00. The first-order valence-electron chi connectivity index (χ1n) is 5.64. The van der Waals surface area contributed by atoms with Crippen LogP contribution in [0, 0.1) is 0 Å². The number of hydrogen-bond acceptors (Lipinski definition) is 5. The van der Waals surface area contributed by atoms with Gasteiger partial charge in [-0.1, -0.05) is 12.7 Å². The third kappa shape index (κ3) is 2.89. The van der Waals surface area contributed by atoms with Crippen LogP contribution in [-0.4, -0.2) is 33.7 Å². The second-order valence-corrected chi connectivity index (χ2v) is 3.77. The molecule has 7 heteroatoms. The summed E-state index contributed by atoms with van der Waals surface area (Å²) in [5.41, 5.74) is 0.523. The van der Waals surface area contributed by atoms with Crippen molar-refractivity contribution in [2.24, 2.45) is 0 Å². The molecule has 0 bridgehead atoms. The molecule has 1 heterocycles. The third-order valence-corrected chi connectivity index (χ3v) is 2.44. The average Bonchev–Trinajstić information content (AvgIpc) is 2.44. The fourth-order valence-corrected chi connectivity index (χ4v) is 1.56. The highest BCUT2D eigenvalue weighted by molar-refractivity contribution is 5.99. The summed E-state index contributed by atoms with van der Waals surface area (Å²) in [5.74, 6) is -0.800. The van der Waals surface area contributed by atoms with E-state index in [-0.39, 0.29) is 18.0 Å². The van der Waals surface area contributed by atoms with Crippen LogP contribution in [-0.2, 0) is 4.74 Å². The summed E-state index contributed by atoms with van der Waals surface area (Å²) in [4.78, 5) is 30.2. The van der Waals surface area contributed by atoms with Crippen molar-refractivity contribution in [3.05, 3.63) is 42.7 Å². The van der Waals surface area contributed by atoms with Crippen molar-refractivity contribution in [1.82, 2.24) is 9.97 Å². The van der Waals surface area contributed by atoms with Gasteiger partial charge in [-0.25, -0.2) is 19.6 Å². The summed E-state index contributed by atoms with van der Waals surface area (Å²) in [6, 6.07) is 4.34. The number of anilines is 1. The lowest BCUT2D eigenvalue weighted by Gasteiger charge is -2.07. The van der Waals surface area contributed by atoms with E-state index in [0.29, 0.717) is 10.9 Å². The first kappa shape index (κ1) is 13.5. The number of aromatic nitrogens is 2. The van der Waals surface area contributed by atoms with E-state index in [9.17, 15) is 9.59 Å². The number of nitrogens with zero attached hydrogens (tertiary/aromatic N) is 2. The van der Waals surface area contributed by atoms with E-state index in [1.54, 1.807) is 0 Å². The van der Waals surface area contributed by atoms with E-state index in [0.717, 1.165) is 0 Å². The number of carbonyl (C=O) groups is 2. The normalized spacial score (nSPS) is 10.0. The highest BCUT2D eigenvalue weighted by atomic mass is 16.5. The second kappa shape index (κ2) is 5.79. The average molecular weight is 273 g/mol. The fourth-order valence-electron chi connectivity index (χ4n) is 1.56. The molecule has 20 heavy (non-hydrogen) atoms. The molecule has 0 aliphatic carbocycles. The Hall–Kier alpha value is -2.96. The molecule has 0 saturated carbocycles. The molecule has 0 aliphatic rings. The zero-order valence-electron chi connectivity index (χ0n) is 10.4. The molecular weight excluding hydrogens is 262 g/mol. The highest BCUT2D eigenvalue weighted by Gasteiger charge is 2.10. The lowest BCUT2D eigenvalue weighted by Crippen LogP contribution is -2.15. The van der Waals surface area contributed by atoms with Gasteiger partial charge in [-0.2, -0.15) is 0 Å². The SMILES string of the molecule is C=CCOC(=O)Nc1ncnc2cc(C(=O)O)ccc12. The number of nitrogens with one attached hydrogen (secondary N) is 1. The molecule has 102 valence electrons. The molecule has 0 saturated heterocycles. The van der Waals surface area contributed by atoms with Gasteiger partial charge in [0.2, 0.25) is 0 Å². The van der Waals surface area contributed by atoms with Crippen LogP contribution in [0.3, 0.4) is 0 Å². The molecule has 1 aromatic heterocycles. The summed E-state index contributed by atoms with van der Waals surface area (Å²) in [5, 5.41) is 11.9. The van der Waals surface area contributed by atoms with Crippen molar-refractivity contribution in [3.8, 4) is 0 Å². The van der Waals surface area contributed by atoms with Crippen molar-refractivity contribution in [1.29, 1.82) is 0 Å². The Morgan fingerprint density at radius 2 is 2.20 bits per heavy atom. The zero-order chi connectivity index (χ0) is 14.5. The van der Waals surface area contributed by atoms with Crippen LogP contribution in [0.25, 0.3) is 10.9 Å². The number of amides is 1. The third-order valence-electron chi connectivity index (χ3n) is 2.44. The number of rotatable bonds is 4. The molecule has 0 spiro atoms. The number of benzene rings is 1. The largest absolute Gasteiger partial charge is 0.478 e. The van der Waals surface area contributed by atoms with E-state index in [2.05, 4.69) is 21.9 Å².